The van der Waals surface area contributed by atoms with Crippen LogP contribution in [-0.2, 0) is 10.0 Å². The molecular weight excluding hydrogens is 240 g/mol. The van der Waals surface area contributed by atoms with Gasteiger partial charge in [0.15, 0.2) is 0 Å². The van der Waals surface area contributed by atoms with Crippen molar-refractivity contribution in [3.8, 4) is 5.75 Å². The summed E-state index contributed by atoms with van der Waals surface area (Å²) < 4.78 is 28.1. The zero-order valence-electron chi connectivity index (χ0n) is 10.0. The third-order valence-corrected chi connectivity index (χ3v) is 3.47. The molecule has 5 nitrogen and oxygen atoms in total. The van der Waals surface area contributed by atoms with E-state index < -0.39 is 15.6 Å². The molecule has 17 heavy (non-hydrogen) atoms. The Bertz CT molecular complexity index is 483. The van der Waals surface area contributed by atoms with Crippen LogP contribution in [0.2, 0.25) is 0 Å². The van der Waals surface area contributed by atoms with E-state index in [4.69, 9.17) is 15.6 Å². The van der Waals surface area contributed by atoms with Crippen molar-refractivity contribution < 1.29 is 13.2 Å². The molecule has 0 aliphatic rings. The van der Waals surface area contributed by atoms with Gasteiger partial charge in [-0.3, -0.25) is 0 Å². The largest absolute Gasteiger partial charge is 0.490 e. The molecule has 0 aromatic heterocycles. The van der Waals surface area contributed by atoms with E-state index in [1.807, 2.05) is 13.8 Å². The zero-order valence-corrected chi connectivity index (χ0v) is 10.8. The summed E-state index contributed by atoms with van der Waals surface area (Å²) in [6, 6.07) is 6.24. The topological polar surface area (TPSA) is 95.4 Å². The molecule has 0 aliphatic heterocycles. The summed E-state index contributed by atoms with van der Waals surface area (Å²) in [5.74, 6) is 0.236. The van der Waals surface area contributed by atoms with Gasteiger partial charge in [-0.25, -0.2) is 13.6 Å². The van der Waals surface area contributed by atoms with Crippen LogP contribution in [-0.4, -0.2) is 20.6 Å². The first-order chi connectivity index (χ1) is 7.76. The highest BCUT2D eigenvalue weighted by Gasteiger charge is 2.19. The fraction of sp³-hybridized carbons (Fsp3) is 0.455. The van der Waals surface area contributed by atoms with E-state index >= 15 is 0 Å². The van der Waals surface area contributed by atoms with Gasteiger partial charge in [0.25, 0.3) is 0 Å². The van der Waals surface area contributed by atoms with Crippen molar-refractivity contribution >= 4 is 10.0 Å². The number of hydrogen-bond donors (Lipinski definition) is 2. The van der Waals surface area contributed by atoms with E-state index in [1.165, 1.54) is 6.07 Å². The predicted octanol–water partition coefficient (Wildman–Crippen LogP) is 0.840. The molecule has 0 radical (unpaired) electrons. The molecule has 1 unspecified atom stereocenters. The second kappa shape index (κ2) is 5.03. The molecule has 0 saturated carbocycles. The summed E-state index contributed by atoms with van der Waals surface area (Å²) >= 11 is 0. The number of ether oxygens (including phenoxy) is 1. The van der Waals surface area contributed by atoms with Crippen molar-refractivity contribution in [3.63, 3.8) is 0 Å². The van der Waals surface area contributed by atoms with Gasteiger partial charge in [0.2, 0.25) is 10.0 Å². The zero-order chi connectivity index (χ0) is 13.1. The van der Waals surface area contributed by atoms with Crippen LogP contribution in [0.5, 0.6) is 5.75 Å². The molecular formula is C11H18N2O3S. The van der Waals surface area contributed by atoms with Crippen LogP contribution < -0.4 is 15.6 Å². The molecule has 0 heterocycles. The SMILES string of the molecule is CCC(C)(N)COc1ccccc1S(N)(=O)=O. The Morgan fingerprint density at radius 1 is 1.35 bits per heavy atom. The van der Waals surface area contributed by atoms with Crippen molar-refractivity contribution in [2.75, 3.05) is 6.61 Å². The summed E-state index contributed by atoms with van der Waals surface area (Å²) in [5, 5.41) is 5.09. The van der Waals surface area contributed by atoms with Gasteiger partial charge in [0.05, 0.1) is 0 Å². The summed E-state index contributed by atoms with van der Waals surface area (Å²) in [6.07, 6.45) is 0.727. The van der Waals surface area contributed by atoms with Crippen LogP contribution in [0, 0.1) is 0 Å². The third-order valence-electron chi connectivity index (χ3n) is 2.52. The molecule has 0 amide bonds. The molecule has 1 aromatic rings. The van der Waals surface area contributed by atoms with E-state index in [9.17, 15) is 8.42 Å². The Morgan fingerprint density at radius 3 is 2.47 bits per heavy atom. The second-order valence-electron chi connectivity index (χ2n) is 4.29. The Labute approximate surface area is 102 Å². The van der Waals surface area contributed by atoms with Crippen LogP contribution in [0.15, 0.2) is 29.2 Å². The average Bonchev–Trinajstić information content (AvgIpc) is 2.26. The predicted molar refractivity (Wildman–Crippen MR) is 66.2 cm³/mol. The molecule has 4 N–H and O–H groups in total. The van der Waals surface area contributed by atoms with Crippen LogP contribution in [0.25, 0.3) is 0 Å². The lowest BCUT2D eigenvalue weighted by Crippen LogP contribution is -2.41. The van der Waals surface area contributed by atoms with Crippen molar-refractivity contribution in [2.24, 2.45) is 10.9 Å². The van der Waals surface area contributed by atoms with Gasteiger partial charge in [-0.05, 0) is 25.5 Å². The Kier molecular flexibility index (Phi) is 4.13. The van der Waals surface area contributed by atoms with E-state index in [0.29, 0.717) is 0 Å². The standard InChI is InChI=1S/C11H18N2O3S/c1-3-11(2,12)8-16-9-6-4-5-7-10(9)17(13,14)15/h4-7H,3,8,12H2,1-2H3,(H2,13,14,15). The molecule has 0 fully saturated rings. The number of nitrogens with two attached hydrogens (primary N) is 2. The minimum Gasteiger partial charge on any atom is -0.490 e. The Morgan fingerprint density at radius 2 is 1.94 bits per heavy atom. The van der Waals surface area contributed by atoms with Crippen LogP contribution in [0.4, 0.5) is 0 Å². The lowest BCUT2D eigenvalue weighted by molar-refractivity contribution is 0.221. The van der Waals surface area contributed by atoms with Gasteiger partial charge < -0.3 is 10.5 Å². The fourth-order valence-electron chi connectivity index (χ4n) is 1.15. The number of sulfonamides is 1. The summed E-state index contributed by atoms with van der Waals surface area (Å²) in [4.78, 5) is -0.0214. The van der Waals surface area contributed by atoms with E-state index in [-0.39, 0.29) is 17.3 Å². The molecule has 1 rings (SSSR count). The molecule has 0 spiro atoms. The van der Waals surface area contributed by atoms with E-state index in [1.54, 1.807) is 18.2 Å². The highest BCUT2D eigenvalue weighted by Crippen LogP contribution is 2.22. The smallest absolute Gasteiger partial charge is 0.241 e. The minimum absolute atomic E-state index is 0.0214. The number of hydrogen-bond acceptors (Lipinski definition) is 4. The van der Waals surface area contributed by atoms with Crippen molar-refractivity contribution in [2.45, 2.75) is 30.7 Å². The van der Waals surface area contributed by atoms with Gasteiger partial charge in [0, 0.05) is 5.54 Å². The first-order valence-electron chi connectivity index (χ1n) is 5.30. The minimum atomic E-state index is -3.77. The maximum absolute atomic E-state index is 11.3. The monoisotopic (exact) mass is 258 g/mol. The third kappa shape index (κ3) is 3.99. The van der Waals surface area contributed by atoms with Gasteiger partial charge in [-0.2, -0.15) is 0 Å². The van der Waals surface area contributed by atoms with Crippen LogP contribution >= 0.6 is 0 Å². The van der Waals surface area contributed by atoms with Crippen molar-refractivity contribution in [3.05, 3.63) is 24.3 Å². The Hall–Kier alpha value is -1.11. The van der Waals surface area contributed by atoms with E-state index in [2.05, 4.69) is 0 Å². The highest BCUT2D eigenvalue weighted by molar-refractivity contribution is 7.89. The molecule has 1 aromatic carbocycles. The normalized spacial score (nSPS) is 15.3. The molecule has 6 heteroatoms. The lowest BCUT2D eigenvalue weighted by atomic mass is 10.0. The lowest BCUT2D eigenvalue weighted by Gasteiger charge is -2.23. The van der Waals surface area contributed by atoms with E-state index in [0.717, 1.165) is 6.42 Å². The summed E-state index contributed by atoms with van der Waals surface area (Å²) in [7, 11) is -3.77. The van der Waals surface area contributed by atoms with Crippen molar-refractivity contribution in [1.82, 2.24) is 0 Å². The molecule has 96 valence electrons. The molecule has 0 aliphatic carbocycles. The summed E-state index contributed by atoms with van der Waals surface area (Å²) in [5.41, 5.74) is 5.42. The van der Waals surface area contributed by atoms with Gasteiger partial charge in [-0.1, -0.05) is 19.1 Å². The first kappa shape index (κ1) is 14.0. The highest BCUT2D eigenvalue weighted by atomic mass is 32.2. The van der Waals surface area contributed by atoms with Gasteiger partial charge in [0.1, 0.15) is 17.3 Å². The molecule has 1 atom stereocenters. The molecule has 0 bridgehead atoms. The van der Waals surface area contributed by atoms with Gasteiger partial charge >= 0.3 is 0 Å². The fourth-order valence-corrected chi connectivity index (χ4v) is 1.82. The molecule has 0 saturated heterocycles. The number of rotatable bonds is 5. The van der Waals surface area contributed by atoms with Crippen molar-refractivity contribution in [1.29, 1.82) is 0 Å². The van der Waals surface area contributed by atoms with Gasteiger partial charge in [-0.15, -0.1) is 0 Å². The van der Waals surface area contributed by atoms with Crippen LogP contribution in [0.1, 0.15) is 20.3 Å². The number of benzene rings is 1. The summed E-state index contributed by atoms with van der Waals surface area (Å²) in [6.45, 7) is 4.01. The maximum atomic E-state index is 11.3. The quantitative estimate of drug-likeness (QED) is 0.818. The average molecular weight is 258 g/mol. The second-order valence-corrected chi connectivity index (χ2v) is 5.82. The number of para-hydroxylation sites is 1. The first-order valence-corrected chi connectivity index (χ1v) is 6.84. The van der Waals surface area contributed by atoms with Crippen LogP contribution in [0.3, 0.4) is 0 Å². The Balaban J connectivity index is 2.93. The maximum Gasteiger partial charge on any atom is 0.241 e. The number of primary sulfonamides is 1.